The standard InChI is InChI=1S/C29H34F2N4O4/c1-29(9-10-29)22-8-7-20(15-23(22)31)26(19-5-3-2-4-6-19)33-27(37)24-16-21(30)18-35(24)25(36)17-32-28(38)34-11-13-39-14-12-34/h2-8,15,21,24,26H,9-14,16-18H2,1H3,(H,32,38)(H,33,37). The van der Waals surface area contributed by atoms with E-state index in [1.54, 1.807) is 11.0 Å². The summed E-state index contributed by atoms with van der Waals surface area (Å²) < 4.78 is 34.9. The predicted molar refractivity (Wildman–Crippen MR) is 140 cm³/mol. The molecule has 5 rings (SSSR count). The van der Waals surface area contributed by atoms with Gasteiger partial charge in [-0.25, -0.2) is 13.6 Å². The molecule has 0 aromatic heterocycles. The third-order valence-corrected chi connectivity index (χ3v) is 7.96. The monoisotopic (exact) mass is 540 g/mol. The molecule has 3 atom stereocenters. The minimum absolute atomic E-state index is 0.147. The molecule has 2 heterocycles. The minimum Gasteiger partial charge on any atom is -0.378 e. The van der Waals surface area contributed by atoms with Crippen LogP contribution in [0.15, 0.2) is 48.5 Å². The maximum absolute atomic E-state index is 15.1. The lowest BCUT2D eigenvalue weighted by Gasteiger charge is -2.29. The number of benzene rings is 2. The van der Waals surface area contributed by atoms with Crippen molar-refractivity contribution in [3.05, 3.63) is 71.0 Å². The summed E-state index contributed by atoms with van der Waals surface area (Å²) in [6.07, 6.45) is 0.351. The molecular weight excluding hydrogens is 506 g/mol. The molecule has 1 aliphatic carbocycles. The molecular formula is C29H34F2N4O4. The number of carbonyl (C=O) groups excluding carboxylic acids is 3. The van der Waals surface area contributed by atoms with E-state index in [0.717, 1.165) is 18.4 Å². The molecule has 208 valence electrons. The minimum atomic E-state index is -1.37. The summed E-state index contributed by atoms with van der Waals surface area (Å²) in [6.45, 7) is 3.14. The summed E-state index contributed by atoms with van der Waals surface area (Å²) in [5, 5.41) is 5.51. The fourth-order valence-corrected chi connectivity index (χ4v) is 5.34. The molecule has 3 unspecified atom stereocenters. The van der Waals surface area contributed by atoms with Gasteiger partial charge in [0.1, 0.15) is 18.0 Å². The van der Waals surface area contributed by atoms with Crippen LogP contribution in [0.5, 0.6) is 0 Å². The van der Waals surface area contributed by atoms with Crippen LogP contribution < -0.4 is 10.6 Å². The quantitative estimate of drug-likeness (QED) is 0.565. The van der Waals surface area contributed by atoms with Gasteiger partial charge in [-0.1, -0.05) is 49.4 Å². The lowest BCUT2D eigenvalue weighted by Crippen LogP contribution is -2.52. The highest BCUT2D eigenvalue weighted by molar-refractivity contribution is 5.91. The van der Waals surface area contributed by atoms with E-state index in [2.05, 4.69) is 10.6 Å². The first-order chi connectivity index (χ1) is 18.7. The molecule has 39 heavy (non-hydrogen) atoms. The first-order valence-electron chi connectivity index (χ1n) is 13.4. The van der Waals surface area contributed by atoms with E-state index < -0.39 is 36.1 Å². The molecule has 3 fully saturated rings. The predicted octanol–water partition coefficient (Wildman–Crippen LogP) is 3.06. The number of urea groups is 1. The number of ether oxygens (including phenoxy) is 1. The van der Waals surface area contributed by atoms with E-state index in [9.17, 15) is 18.8 Å². The Labute approximate surface area is 226 Å². The van der Waals surface area contributed by atoms with Gasteiger partial charge in [0.2, 0.25) is 11.8 Å². The van der Waals surface area contributed by atoms with E-state index in [-0.39, 0.29) is 30.7 Å². The number of rotatable bonds is 7. The van der Waals surface area contributed by atoms with Gasteiger partial charge in [-0.15, -0.1) is 0 Å². The van der Waals surface area contributed by atoms with Crippen molar-refractivity contribution in [1.29, 1.82) is 0 Å². The fourth-order valence-electron chi connectivity index (χ4n) is 5.34. The van der Waals surface area contributed by atoms with E-state index in [1.807, 2.05) is 43.3 Å². The summed E-state index contributed by atoms with van der Waals surface area (Å²) >= 11 is 0. The van der Waals surface area contributed by atoms with Gasteiger partial charge in [0.15, 0.2) is 0 Å². The number of halogens is 2. The molecule has 10 heteroatoms. The summed E-state index contributed by atoms with van der Waals surface area (Å²) in [5.74, 6) is -1.39. The molecule has 8 nitrogen and oxygen atoms in total. The average Bonchev–Trinajstić information content (AvgIpc) is 3.57. The smallest absolute Gasteiger partial charge is 0.317 e. The Balaban J connectivity index is 1.30. The molecule has 2 N–H and O–H groups in total. The van der Waals surface area contributed by atoms with Crippen LogP contribution in [0.4, 0.5) is 13.6 Å². The zero-order valence-corrected chi connectivity index (χ0v) is 22.0. The first-order valence-corrected chi connectivity index (χ1v) is 13.4. The van der Waals surface area contributed by atoms with Crippen LogP contribution in [0.25, 0.3) is 0 Å². The van der Waals surface area contributed by atoms with E-state index in [4.69, 9.17) is 4.74 Å². The van der Waals surface area contributed by atoms with Crippen molar-refractivity contribution < 1.29 is 27.9 Å². The molecule has 1 saturated carbocycles. The van der Waals surface area contributed by atoms with Crippen LogP contribution in [0, 0.1) is 5.82 Å². The van der Waals surface area contributed by atoms with Crippen molar-refractivity contribution >= 4 is 17.8 Å². The molecule has 3 aliphatic rings. The Morgan fingerprint density at radius 1 is 1.08 bits per heavy atom. The number of morpholine rings is 1. The second-order valence-electron chi connectivity index (χ2n) is 10.8. The van der Waals surface area contributed by atoms with Crippen molar-refractivity contribution in [3.63, 3.8) is 0 Å². The molecule has 2 aromatic rings. The number of likely N-dealkylation sites (tertiary alicyclic amines) is 1. The molecule has 2 saturated heterocycles. The number of carbonyl (C=O) groups is 3. The van der Waals surface area contributed by atoms with Crippen LogP contribution in [0.3, 0.4) is 0 Å². The van der Waals surface area contributed by atoms with Crippen LogP contribution >= 0.6 is 0 Å². The van der Waals surface area contributed by atoms with Crippen molar-refractivity contribution in [3.8, 4) is 0 Å². The molecule has 4 amide bonds. The van der Waals surface area contributed by atoms with Gasteiger partial charge in [0.05, 0.1) is 32.3 Å². The number of hydrogen-bond acceptors (Lipinski definition) is 4. The SMILES string of the molecule is CC1(c2ccc(C(NC(=O)C3CC(F)CN3C(=O)CNC(=O)N3CCOCC3)c3ccccc3)cc2F)CC1. The van der Waals surface area contributed by atoms with Gasteiger partial charge in [-0.3, -0.25) is 9.59 Å². The van der Waals surface area contributed by atoms with Gasteiger partial charge in [-0.2, -0.15) is 0 Å². The van der Waals surface area contributed by atoms with Crippen molar-refractivity contribution in [2.24, 2.45) is 0 Å². The summed E-state index contributed by atoms with van der Waals surface area (Å²) in [4.78, 5) is 41.6. The Bertz CT molecular complexity index is 1220. The third kappa shape index (κ3) is 6.06. The second kappa shape index (κ2) is 11.3. The number of nitrogens with zero attached hydrogens (tertiary/aromatic N) is 2. The fraction of sp³-hybridized carbons (Fsp3) is 0.483. The van der Waals surface area contributed by atoms with Gasteiger partial charge in [-0.05, 0) is 41.0 Å². The lowest BCUT2D eigenvalue weighted by molar-refractivity contribution is -0.137. The van der Waals surface area contributed by atoms with Crippen LogP contribution in [0.1, 0.15) is 48.9 Å². The highest BCUT2D eigenvalue weighted by Gasteiger charge is 2.42. The van der Waals surface area contributed by atoms with Gasteiger partial charge < -0.3 is 25.2 Å². The number of amides is 4. The van der Waals surface area contributed by atoms with Crippen molar-refractivity contribution in [2.45, 2.75) is 49.9 Å². The van der Waals surface area contributed by atoms with Gasteiger partial charge in [0, 0.05) is 19.5 Å². The lowest BCUT2D eigenvalue weighted by atomic mass is 9.92. The summed E-state index contributed by atoms with van der Waals surface area (Å²) in [5.41, 5.74) is 1.81. The number of hydrogen-bond donors (Lipinski definition) is 2. The Kier molecular flexibility index (Phi) is 7.83. The third-order valence-electron chi connectivity index (χ3n) is 7.96. The van der Waals surface area contributed by atoms with Gasteiger partial charge >= 0.3 is 6.03 Å². The first kappa shape index (κ1) is 27.1. The maximum atomic E-state index is 15.1. The van der Waals surface area contributed by atoms with E-state index in [0.29, 0.717) is 37.4 Å². The van der Waals surface area contributed by atoms with Crippen molar-refractivity contribution in [1.82, 2.24) is 20.4 Å². The topological polar surface area (TPSA) is 91.0 Å². The Morgan fingerprint density at radius 3 is 2.46 bits per heavy atom. The van der Waals surface area contributed by atoms with Crippen LogP contribution in [-0.4, -0.2) is 79.3 Å². The largest absolute Gasteiger partial charge is 0.378 e. The van der Waals surface area contributed by atoms with Crippen LogP contribution in [-0.2, 0) is 19.7 Å². The van der Waals surface area contributed by atoms with E-state index in [1.165, 1.54) is 11.0 Å². The average molecular weight is 541 g/mol. The molecule has 2 aliphatic heterocycles. The summed E-state index contributed by atoms with van der Waals surface area (Å²) in [6, 6.07) is 12.1. The normalized spacial score (nSPS) is 22.7. The van der Waals surface area contributed by atoms with Gasteiger partial charge in [0.25, 0.3) is 0 Å². The molecule has 0 radical (unpaired) electrons. The number of nitrogens with one attached hydrogen (secondary N) is 2. The van der Waals surface area contributed by atoms with Crippen molar-refractivity contribution in [2.75, 3.05) is 39.4 Å². The molecule has 0 spiro atoms. The summed E-state index contributed by atoms with van der Waals surface area (Å²) in [7, 11) is 0. The Morgan fingerprint density at radius 2 is 1.79 bits per heavy atom. The van der Waals surface area contributed by atoms with E-state index >= 15 is 4.39 Å². The highest BCUT2D eigenvalue weighted by atomic mass is 19.1. The highest BCUT2D eigenvalue weighted by Crippen LogP contribution is 2.48. The molecule has 2 aromatic carbocycles. The van der Waals surface area contributed by atoms with Crippen LogP contribution in [0.2, 0.25) is 0 Å². The molecule has 0 bridgehead atoms. The Hall–Kier alpha value is -3.53. The zero-order chi connectivity index (χ0) is 27.6. The number of alkyl halides is 1. The maximum Gasteiger partial charge on any atom is 0.317 e. The zero-order valence-electron chi connectivity index (χ0n) is 22.0. The second-order valence-corrected chi connectivity index (χ2v) is 10.8.